The number of nitrogens with two attached hydrogens (primary N) is 1. The summed E-state index contributed by atoms with van der Waals surface area (Å²) in [6, 6.07) is 15.1. The average molecular weight is 365 g/mol. The first-order chi connectivity index (χ1) is 11.7. The zero-order chi connectivity index (χ0) is 17.2. The molecule has 2 rings (SSSR count). The standard InChI is InChI=1S/C19H24N2O3.ClH/c1-23-17-8-10-18(11-9-17)24-14-2-3-19(22)21-13-12-15-4-6-16(20)7-5-15;/h4-11H,2-3,12-14,20H2,1H3,(H,21,22);1H. The highest BCUT2D eigenvalue weighted by Gasteiger charge is 2.02. The molecule has 0 aliphatic carbocycles. The predicted octanol–water partition coefficient (Wildman–Crippen LogP) is 3.22. The van der Waals surface area contributed by atoms with Crippen molar-refractivity contribution < 1.29 is 14.3 Å². The largest absolute Gasteiger partial charge is 0.497 e. The van der Waals surface area contributed by atoms with Gasteiger partial charge < -0.3 is 20.5 Å². The van der Waals surface area contributed by atoms with Crippen LogP contribution in [0.25, 0.3) is 0 Å². The summed E-state index contributed by atoms with van der Waals surface area (Å²) in [5.74, 6) is 1.62. The van der Waals surface area contributed by atoms with Gasteiger partial charge in [-0.05, 0) is 54.8 Å². The van der Waals surface area contributed by atoms with Gasteiger partial charge in [0.25, 0.3) is 0 Å². The van der Waals surface area contributed by atoms with Crippen LogP contribution in [0.1, 0.15) is 18.4 Å². The maximum Gasteiger partial charge on any atom is 0.220 e. The summed E-state index contributed by atoms with van der Waals surface area (Å²) in [4.78, 5) is 11.8. The minimum atomic E-state index is 0. The third kappa shape index (κ3) is 7.81. The Morgan fingerprint density at radius 1 is 1.04 bits per heavy atom. The number of hydrogen-bond acceptors (Lipinski definition) is 4. The number of carbonyl (C=O) groups excluding carboxylic acids is 1. The number of halogens is 1. The lowest BCUT2D eigenvalue weighted by molar-refractivity contribution is -0.121. The van der Waals surface area contributed by atoms with Crippen molar-refractivity contribution in [2.24, 2.45) is 0 Å². The molecule has 0 bridgehead atoms. The molecular weight excluding hydrogens is 340 g/mol. The number of nitrogens with one attached hydrogen (secondary N) is 1. The Balaban J connectivity index is 0.00000312. The molecule has 0 saturated carbocycles. The Morgan fingerprint density at radius 2 is 1.68 bits per heavy atom. The minimum absolute atomic E-state index is 0. The van der Waals surface area contributed by atoms with Crippen LogP contribution in [-0.2, 0) is 11.2 Å². The van der Waals surface area contributed by atoms with Crippen LogP contribution in [0.3, 0.4) is 0 Å². The highest BCUT2D eigenvalue weighted by Crippen LogP contribution is 2.17. The monoisotopic (exact) mass is 364 g/mol. The fourth-order valence-corrected chi connectivity index (χ4v) is 2.21. The van der Waals surface area contributed by atoms with E-state index >= 15 is 0 Å². The third-order valence-electron chi connectivity index (χ3n) is 3.59. The van der Waals surface area contributed by atoms with Gasteiger partial charge in [-0.25, -0.2) is 0 Å². The number of ether oxygens (including phenoxy) is 2. The van der Waals surface area contributed by atoms with E-state index < -0.39 is 0 Å². The van der Waals surface area contributed by atoms with E-state index in [1.807, 2.05) is 48.5 Å². The molecule has 2 aromatic rings. The number of rotatable bonds is 9. The number of amides is 1. The normalized spacial score (nSPS) is 9.80. The van der Waals surface area contributed by atoms with E-state index in [1.165, 1.54) is 0 Å². The van der Waals surface area contributed by atoms with Crippen LogP contribution in [-0.4, -0.2) is 26.2 Å². The molecule has 136 valence electrons. The molecule has 0 aliphatic rings. The maximum absolute atomic E-state index is 11.8. The van der Waals surface area contributed by atoms with Gasteiger partial charge in [0.05, 0.1) is 13.7 Å². The summed E-state index contributed by atoms with van der Waals surface area (Å²) in [7, 11) is 1.63. The lowest BCUT2D eigenvalue weighted by atomic mass is 10.1. The quantitative estimate of drug-likeness (QED) is 0.529. The van der Waals surface area contributed by atoms with E-state index in [4.69, 9.17) is 15.2 Å². The minimum Gasteiger partial charge on any atom is -0.497 e. The molecule has 6 heteroatoms. The van der Waals surface area contributed by atoms with E-state index in [1.54, 1.807) is 7.11 Å². The molecule has 1 amide bonds. The lowest BCUT2D eigenvalue weighted by Gasteiger charge is -2.08. The second kappa shape index (κ2) is 11.2. The van der Waals surface area contributed by atoms with Crippen molar-refractivity contribution in [3.8, 4) is 11.5 Å². The van der Waals surface area contributed by atoms with Crippen molar-refractivity contribution in [3.63, 3.8) is 0 Å². The summed E-state index contributed by atoms with van der Waals surface area (Å²) in [5.41, 5.74) is 7.55. The molecule has 0 aromatic heterocycles. The lowest BCUT2D eigenvalue weighted by Crippen LogP contribution is -2.25. The van der Waals surface area contributed by atoms with Gasteiger partial charge in [-0.2, -0.15) is 0 Å². The van der Waals surface area contributed by atoms with Crippen LogP contribution in [0.5, 0.6) is 11.5 Å². The molecule has 2 aromatic carbocycles. The Morgan fingerprint density at radius 3 is 2.32 bits per heavy atom. The van der Waals surface area contributed by atoms with E-state index in [9.17, 15) is 4.79 Å². The predicted molar refractivity (Wildman–Crippen MR) is 103 cm³/mol. The van der Waals surface area contributed by atoms with Crippen LogP contribution in [0.4, 0.5) is 5.69 Å². The first kappa shape index (κ1) is 20.6. The van der Waals surface area contributed by atoms with Crippen LogP contribution < -0.4 is 20.5 Å². The van der Waals surface area contributed by atoms with Gasteiger partial charge in [-0.1, -0.05) is 12.1 Å². The average Bonchev–Trinajstić information content (AvgIpc) is 2.61. The number of nitrogen functional groups attached to an aromatic ring is 1. The number of carbonyl (C=O) groups is 1. The maximum atomic E-state index is 11.8. The first-order valence-electron chi connectivity index (χ1n) is 8.05. The van der Waals surface area contributed by atoms with Crippen molar-refractivity contribution in [1.29, 1.82) is 0 Å². The van der Waals surface area contributed by atoms with Gasteiger partial charge in [0.2, 0.25) is 5.91 Å². The van der Waals surface area contributed by atoms with Crippen molar-refractivity contribution in [1.82, 2.24) is 5.32 Å². The Labute approximate surface area is 154 Å². The third-order valence-corrected chi connectivity index (χ3v) is 3.59. The smallest absolute Gasteiger partial charge is 0.220 e. The molecule has 0 saturated heterocycles. The van der Waals surface area contributed by atoms with Gasteiger partial charge in [-0.15, -0.1) is 12.4 Å². The molecule has 0 aliphatic heterocycles. The molecule has 0 fully saturated rings. The molecule has 25 heavy (non-hydrogen) atoms. The van der Waals surface area contributed by atoms with Gasteiger partial charge in [0.1, 0.15) is 11.5 Å². The van der Waals surface area contributed by atoms with Crippen molar-refractivity contribution in [2.75, 3.05) is 26.0 Å². The molecule has 0 spiro atoms. The van der Waals surface area contributed by atoms with Gasteiger partial charge in [-0.3, -0.25) is 4.79 Å². The Hall–Kier alpha value is -2.40. The van der Waals surface area contributed by atoms with Crippen LogP contribution in [0.15, 0.2) is 48.5 Å². The topological polar surface area (TPSA) is 73.6 Å². The SMILES string of the molecule is COc1ccc(OCCCC(=O)NCCc2ccc(N)cc2)cc1.Cl. The van der Waals surface area contributed by atoms with Gasteiger partial charge in [0, 0.05) is 18.7 Å². The Kier molecular flexibility index (Phi) is 9.25. The first-order valence-corrected chi connectivity index (χ1v) is 8.05. The van der Waals surface area contributed by atoms with Crippen molar-refractivity contribution in [2.45, 2.75) is 19.3 Å². The molecule has 0 unspecified atom stereocenters. The molecular formula is C19H25ClN2O3. The molecule has 0 radical (unpaired) electrons. The molecule has 0 heterocycles. The van der Waals surface area contributed by atoms with Crippen molar-refractivity contribution >= 4 is 24.0 Å². The zero-order valence-electron chi connectivity index (χ0n) is 14.4. The Bertz CT molecular complexity index is 630. The summed E-state index contributed by atoms with van der Waals surface area (Å²) in [5, 5.41) is 2.92. The second-order valence-corrected chi connectivity index (χ2v) is 5.47. The number of anilines is 1. The van der Waals surface area contributed by atoms with Gasteiger partial charge >= 0.3 is 0 Å². The fourth-order valence-electron chi connectivity index (χ4n) is 2.21. The van der Waals surface area contributed by atoms with E-state index in [0.29, 0.717) is 26.0 Å². The second-order valence-electron chi connectivity index (χ2n) is 5.47. The fraction of sp³-hybridized carbons (Fsp3) is 0.316. The summed E-state index contributed by atoms with van der Waals surface area (Å²) in [6.45, 7) is 1.14. The molecule has 3 N–H and O–H groups in total. The van der Waals surface area contributed by atoms with Crippen LogP contribution in [0, 0.1) is 0 Å². The number of methoxy groups -OCH3 is 1. The highest BCUT2D eigenvalue weighted by atomic mass is 35.5. The summed E-state index contributed by atoms with van der Waals surface area (Å²) in [6.07, 6.45) is 1.94. The van der Waals surface area contributed by atoms with Crippen LogP contribution >= 0.6 is 12.4 Å². The van der Waals surface area contributed by atoms with E-state index in [0.717, 1.165) is 29.2 Å². The highest BCUT2D eigenvalue weighted by molar-refractivity contribution is 5.85. The van der Waals surface area contributed by atoms with Crippen molar-refractivity contribution in [3.05, 3.63) is 54.1 Å². The van der Waals surface area contributed by atoms with E-state index in [2.05, 4.69) is 5.32 Å². The van der Waals surface area contributed by atoms with Gasteiger partial charge in [0.15, 0.2) is 0 Å². The molecule has 5 nitrogen and oxygen atoms in total. The van der Waals surface area contributed by atoms with Crippen LogP contribution in [0.2, 0.25) is 0 Å². The molecule has 0 atom stereocenters. The number of hydrogen-bond donors (Lipinski definition) is 2. The summed E-state index contributed by atoms with van der Waals surface area (Å²) >= 11 is 0. The summed E-state index contributed by atoms with van der Waals surface area (Å²) < 4.78 is 10.7. The zero-order valence-corrected chi connectivity index (χ0v) is 15.2. The number of benzene rings is 2. The van der Waals surface area contributed by atoms with E-state index in [-0.39, 0.29) is 18.3 Å².